The molecule has 0 unspecified atom stereocenters. The molecule has 0 saturated heterocycles. The van der Waals surface area contributed by atoms with Gasteiger partial charge < -0.3 is 0 Å². The van der Waals surface area contributed by atoms with Gasteiger partial charge in [0.2, 0.25) is 0 Å². The molecule has 3 aromatic rings. The van der Waals surface area contributed by atoms with Crippen molar-refractivity contribution in [3.05, 3.63) is 110 Å². The fourth-order valence-corrected chi connectivity index (χ4v) is 12.1. The number of aryl methyl sites for hydroxylation is 3. The Morgan fingerprint density at radius 2 is 1.03 bits per heavy atom. The van der Waals surface area contributed by atoms with E-state index in [1.807, 2.05) is 0 Å². The van der Waals surface area contributed by atoms with Gasteiger partial charge in [-0.3, -0.25) is 0 Å². The third kappa shape index (κ3) is 6.09. The molecule has 35 heavy (non-hydrogen) atoms. The molecular formula is C30H36Cl3SiTi. The smallest absolute Gasteiger partial charge is 0.147 e. The third-order valence-electron chi connectivity index (χ3n) is 6.59. The Hall–Kier alpha value is -1.06. The van der Waals surface area contributed by atoms with E-state index in [1.54, 1.807) is 10.8 Å². The van der Waals surface area contributed by atoms with Gasteiger partial charge in [0, 0.05) is 0 Å². The maximum Gasteiger partial charge on any atom is -0.147 e. The zero-order chi connectivity index (χ0) is 23.1. The van der Waals surface area contributed by atoms with Crippen LogP contribution < -0.4 is 15.6 Å². The van der Waals surface area contributed by atoms with Crippen molar-refractivity contribution in [2.24, 2.45) is 5.41 Å². The summed E-state index contributed by atoms with van der Waals surface area (Å²) >= 11 is 2.34. The molecule has 0 saturated carbocycles. The maximum absolute atomic E-state index is 2.56. The quantitative estimate of drug-likeness (QED) is 0.230. The second-order valence-electron chi connectivity index (χ2n) is 10.3. The van der Waals surface area contributed by atoms with Crippen molar-refractivity contribution < 1.29 is 20.4 Å². The Labute approximate surface area is 243 Å². The van der Waals surface area contributed by atoms with Crippen LogP contribution in [0.5, 0.6) is 0 Å². The summed E-state index contributed by atoms with van der Waals surface area (Å²) in [4.78, 5) is 0. The van der Waals surface area contributed by atoms with Crippen molar-refractivity contribution >= 4 is 60.9 Å². The van der Waals surface area contributed by atoms with Crippen LogP contribution in [-0.4, -0.2) is 8.07 Å². The summed E-state index contributed by atoms with van der Waals surface area (Å²) in [5, 5.41) is 6.04. The number of hydrogen-bond donors (Lipinski definition) is 0. The normalized spacial score (nSPS) is 13.3. The Bertz CT molecular complexity index is 1130. The van der Waals surface area contributed by atoms with Crippen molar-refractivity contribution in [3.63, 3.8) is 0 Å². The summed E-state index contributed by atoms with van der Waals surface area (Å²) in [6.45, 7) is 13.8. The average Bonchev–Trinajstić information content (AvgIpc) is 3.11. The van der Waals surface area contributed by atoms with Crippen molar-refractivity contribution in [2.45, 2.75) is 48.0 Å². The van der Waals surface area contributed by atoms with Crippen LogP contribution in [0.1, 0.15) is 43.9 Å². The molecule has 3 aromatic carbocycles. The molecule has 1 aliphatic carbocycles. The standard InChI is InChI=1S/C30H33Si.3ClH.Ti/c1-22-11-7-14-25(19-22)31(26-15-8-12-23(2)20-26,27-16-9-13-24(3)21-27)29-18-10-17-28(29)30(4,5)6;;;;/h7-9,11-16,18-21H,10H2,1-6H3;3*1H;. The number of benzene rings is 3. The number of halogens is 3. The van der Waals surface area contributed by atoms with Crippen LogP contribution >= 0.6 is 37.2 Å². The van der Waals surface area contributed by atoms with Crippen LogP contribution in [-0.2, 0) is 20.4 Å². The van der Waals surface area contributed by atoms with Gasteiger partial charge in [-0.25, -0.2) is 0 Å². The Kier molecular flexibility index (Phi) is 11.4. The van der Waals surface area contributed by atoms with Crippen LogP contribution in [0.25, 0.3) is 0 Å². The largest absolute Gasteiger partial charge is 0.147 e. The van der Waals surface area contributed by atoms with Crippen molar-refractivity contribution in [3.8, 4) is 0 Å². The van der Waals surface area contributed by atoms with Crippen LogP contribution in [0.15, 0.2) is 93.5 Å². The zero-order valence-corrected chi connectivity index (χ0v) is 26.4. The molecule has 0 N–H and O–H groups in total. The van der Waals surface area contributed by atoms with Crippen LogP contribution in [0.2, 0.25) is 0 Å². The minimum absolute atomic E-state index is 0. The molecule has 0 atom stereocenters. The summed E-state index contributed by atoms with van der Waals surface area (Å²) in [6, 6.07) is 27.9. The van der Waals surface area contributed by atoms with Crippen LogP contribution in [0, 0.1) is 26.2 Å². The topological polar surface area (TPSA) is 0 Å². The maximum atomic E-state index is 2.56. The summed E-state index contributed by atoms with van der Waals surface area (Å²) in [5.74, 6) is 0. The molecule has 0 aliphatic heterocycles. The number of rotatable bonds is 4. The fraction of sp³-hybridized carbons (Fsp3) is 0.267. The monoisotopic (exact) mass is 577 g/mol. The van der Waals surface area contributed by atoms with Gasteiger partial charge in [0.05, 0.1) is 0 Å². The molecule has 0 bridgehead atoms. The van der Waals surface area contributed by atoms with Gasteiger partial charge in [-0.2, -0.15) is 0 Å². The molecule has 0 nitrogen and oxygen atoms in total. The molecule has 185 valence electrons. The van der Waals surface area contributed by atoms with Gasteiger partial charge in [0.1, 0.15) is 0 Å². The first-order valence-electron chi connectivity index (χ1n) is 11.5. The molecule has 0 aromatic heterocycles. The first-order chi connectivity index (χ1) is 15.1. The van der Waals surface area contributed by atoms with Crippen molar-refractivity contribution in [1.82, 2.24) is 0 Å². The van der Waals surface area contributed by atoms with Gasteiger partial charge in [0.15, 0.2) is 0 Å². The first kappa shape index (κ1) is 32.0. The van der Waals surface area contributed by atoms with Gasteiger partial charge >= 0.3 is 208 Å². The van der Waals surface area contributed by atoms with E-state index >= 15 is 0 Å². The fourth-order valence-electron chi connectivity index (χ4n) is 5.37. The third-order valence-corrected chi connectivity index (χ3v) is 12.1. The van der Waals surface area contributed by atoms with E-state index in [-0.39, 0.29) is 42.6 Å². The molecule has 0 spiro atoms. The zero-order valence-electron chi connectivity index (χ0n) is 21.4. The van der Waals surface area contributed by atoms with E-state index in [0.717, 1.165) is 6.42 Å². The molecule has 4 rings (SSSR count). The van der Waals surface area contributed by atoms with Gasteiger partial charge in [-0.05, 0) is 0 Å². The van der Waals surface area contributed by atoms with Crippen LogP contribution in [0.3, 0.4) is 0 Å². The Balaban J connectivity index is 0.00000204. The van der Waals surface area contributed by atoms with Gasteiger partial charge in [-0.1, -0.05) is 0 Å². The SMILES string of the molecule is Cc1cccc([Si](C2=CC[C]([Ti])=C2C(C)(C)C)(c2cccc(C)c2)c2cccc(C)c2)c1.Cl.Cl.Cl. The molecule has 0 fully saturated rings. The molecule has 0 amide bonds. The van der Waals surface area contributed by atoms with Gasteiger partial charge in [-0.15, -0.1) is 37.2 Å². The molecule has 0 radical (unpaired) electrons. The second kappa shape index (κ2) is 12.5. The minimum Gasteiger partial charge on any atom is -0.147 e. The molecular weight excluding hydrogens is 543 g/mol. The van der Waals surface area contributed by atoms with Crippen molar-refractivity contribution in [2.75, 3.05) is 0 Å². The first-order valence-corrected chi connectivity index (χ1v) is 14.3. The van der Waals surface area contributed by atoms with E-state index in [0.29, 0.717) is 0 Å². The van der Waals surface area contributed by atoms with E-state index in [4.69, 9.17) is 0 Å². The van der Waals surface area contributed by atoms with E-state index in [2.05, 4.69) is 141 Å². The molecule has 0 heterocycles. The summed E-state index contributed by atoms with van der Waals surface area (Å²) < 4.78 is 1.53. The number of hydrogen-bond acceptors (Lipinski definition) is 0. The summed E-state index contributed by atoms with van der Waals surface area (Å²) in [7, 11) is -2.50. The second-order valence-corrected chi connectivity index (χ2v) is 15.0. The van der Waals surface area contributed by atoms with Gasteiger partial charge in [0.25, 0.3) is 0 Å². The Morgan fingerprint density at radius 3 is 1.34 bits per heavy atom. The predicted octanol–water partition coefficient (Wildman–Crippen LogP) is 7.06. The van der Waals surface area contributed by atoms with Crippen LogP contribution in [0.4, 0.5) is 0 Å². The number of allylic oxidation sites excluding steroid dienone is 4. The minimum atomic E-state index is -2.50. The summed E-state index contributed by atoms with van der Waals surface area (Å²) in [5.41, 5.74) is 5.65. The van der Waals surface area contributed by atoms with E-state index < -0.39 is 8.07 Å². The Morgan fingerprint density at radius 1 is 0.657 bits per heavy atom. The molecule has 1 aliphatic rings. The summed E-state index contributed by atoms with van der Waals surface area (Å²) in [6.07, 6.45) is 3.62. The van der Waals surface area contributed by atoms with Crippen molar-refractivity contribution in [1.29, 1.82) is 0 Å². The van der Waals surface area contributed by atoms with E-state index in [1.165, 1.54) is 36.1 Å². The van der Waals surface area contributed by atoms with E-state index in [9.17, 15) is 0 Å². The predicted molar refractivity (Wildman–Crippen MR) is 159 cm³/mol. The average molecular weight is 579 g/mol. The molecule has 5 heteroatoms.